The summed E-state index contributed by atoms with van der Waals surface area (Å²) in [4.78, 5) is 10.1. The molecule has 7 heteroatoms. The number of nitro benzene ring substituents is 1. The largest absolute Gasteiger partial charge is 0.315 e. The van der Waals surface area contributed by atoms with Crippen molar-refractivity contribution in [1.82, 2.24) is 5.32 Å². The van der Waals surface area contributed by atoms with Gasteiger partial charge in [-0.05, 0) is 32.9 Å². The van der Waals surface area contributed by atoms with Gasteiger partial charge in [-0.2, -0.15) is 0 Å². The maximum atomic E-state index is 11.9. The Kier molecular flexibility index (Phi) is 4.88. The van der Waals surface area contributed by atoms with Gasteiger partial charge < -0.3 is 5.32 Å². The second kappa shape index (κ2) is 5.88. The van der Waals surface area contributed by atoms with Crippen LogP contribution in [0.2, 0.25) is 0 Å². The van der Waals surface area contributed by atoms with E-state index in [1.54, 1.807) is 33.0 Å². The summed E-state index contributed by atoms with van der Waals surface area (Å²) in [6, 6.07) is 5.88. The fraction of sp³-hybridized carbons (Fsp3) is 0.538. The molecule has 1 atom stereocenters. The van der Waals surface area contributed by atoms with Crippen molar-refractivity contribution in [2.45, 2.75) is 31.1 Å². The zero-order valence-corrected chi connectivity index (χ0v) is 12.9. The van der Waals surface area contributed by atoms with Crippen LogP contribution in [0.15, 0.2) is 24.3 Å². The smallest absolute Gasteiger partial charge is 0.269 e. The molecule has 0 saturated heterocycles. The highest BCUT2D eigenvalue weighted by molar-refractivity contribution is 7.92. The van der Waals surface area contributed by atoms with E-state index in [4.69, 9.17) is 0 Å². The zero-order valence-electron chi connectivity index (χ0n) is 12.1. The van der Waals surface area contributed by atoms with Gasteiger partial charge in [0.2, 0.25) is 0 Å². The Morgan fingerprint density at radius 3 is 2.15 bits per heavy atom. The first-order chi connectivity index (χ1) is 9.09. The number of hydrogen-bond donors (Lipinski definition) is 1. The molecule has 0 heterocycles. The number of nitrogens with one attached hydrogen (secondary N) is 1. The third kappa shape index (κ3) is 3.55. The lowest BCUT2D eigenvalue weighted by Crippen LogP contribution is -2.51. The van der Waals surface area contributed by atoms with Crippen molar-refractivity contribution in [3.8, 4) is 0 Å². The molecule has 0 aromatic heterocycles. The van der Waals surface area contributed by atoms with E-state index in [1.165, 1.54) is 18.4 Å². The molecule has 0 amide bonds. The van der Waals surface area contributed by atoms with Crippen molar-refractivity contribution >= 4 is 15.5 Å². The van der Waals surface area contributed by atoms with Crippen molar-refractivity contribution in [2.24, 2.45) is 0 Å². The Labute approximate surface area is 119 Å². The standard InChI is InChI=1S/C13H20N2O4S/c1-13(2,20(4,18)19)12(14-3)9-10-5-7-11(8-6-10)15(16)17/h5-8,12,14H,9H2,1-4H3. The normalized spacial score (nSPS) is 14.0. The second-order valence-electron chi connectivity index (χ2n) is 5.34. The molecule has 0 aliphatic carbocycles. The lowest BCUT2D eigenvalue weighted by Gasteiger charge is -2.32. The quantitative estimate of drug-likeness (QED) is 0.636. The number of sulfone groups is 1. The van der Waals surface area contributed by atoms with Crippen LogP contribution in [0.1, 0.15) is 19.4 Å². The molecule has 1 unspecified atom stereocenters. The van der Waals surface area contributed by atoms with Gasteiger partial charge in [0.25, 0.3) is 5.69 Å². The first-order valence-electron chi connectivity index (χ1n) is 6.19. The number of hydrogen-bond acceptors (Lipinski definition) is 5. The van der Waals surface area contributed by atoms with Crippen molar-refractivity contribution in [1.29, 1.82) is 0 Å². The molecule has 0 aliphatic rings. The molecule has 1 N–H and O–H groups in total. The number of rotatable bonds is 6. The van der Waals surface area contributed by atoms with Crippen LogP contribution in [-0.4, -0.2) is 37.4 Å². The van der Waals surface area contributed by atoms with E-state index in [1.807, 2.05) is 0 Å². The molecule has 1 aromatic carbocycles. The Bertz CT molecular complexity index is 579. The molecule has 0 aliphatic heterocycles. The number of nitrogens with zero attached hydrogens (tertiary/aromatic N) is 1. The highest BCUT2D eigenvalue weighted by atomic mass is 32.2. The molecule has 0 bridgehead atoms. The van der Waals surface area contributed by atoms with Gasteiger partial charge in [0.1, 0.15) is 0 Å². The van der Waals surface area contributed by atoms with E-state index in [9.17, 15) is 18.5 Å². The van der Waals surface area contributed by atoms with Gasteiger partial charge in [-0.1, -0.05) is 12.1 Å². The third-order valence-electron chi connectivity index (χ3n) is 3.73. The predicted molar refractivity (Wildman–Crippen MR) is 78.6 cm³/mol. The van der Waals surface area contributed by atoms with Gasteiger partial charge in [0.15, 0.2) is 9.84 Å². The Hall–Kier alpha value is -1.47. The van der Waals surface area contributed by atoms with Crippen molar-refractivity contribution in [3.05, 3.63) is 39.9 Å². The van der Waals surface area contributed by atoms with Crippen LogP contribution in [0.3, 0.4) is 0 Å². The minimum Gasteiger partial charge on any atom is -0.315 e. The van der Waals surface area contributed by atoms with Crippen LogP contribution in [0.25, 0.3) is 0 Å². The Morgan fingerprint density at radius 1 is 1.30 bits per heavy atom. The molecule has 0 saturated carbocycles. The highest BCUT2D eigenvalue weighted by Crippen LogP contribution is 2.23. The lowest BCUT2D eigenvalue weighted by atomic mass is 9.95. The lowest BCUT2D eigenvalue weighted by molar-refractivity contribution is -0.384. The van der Waals surface area contributed by atoms with Crippen LogP contribution >= 0.6 is 0 Å². The fourth-order valence-corrected chi connectivity index (χ4v) is 2.66. The van der Waals surface area contributed by atoms with Gasteiger partial charge in [-0.25, -0.2) is 8.42 Å². The maximum Gasteiger partial charge on any atom is 0.269 e. The number of benzene rings is 1. The van der Waals surface area contributed by atoms with E-state index in [-0.39, 0.29) is 11.7 Å². The zero-order chi connectivity index (χ0) is 15.6. The molecular formula is C13H20N2O4S. The monoisotopic (exact) mass is 300 g/mol. The average molecular weight is 300 g/mol. The summed E-state index contributed by atoms with van der Waals surface area (Å²) < 4.78 is 22.8. The maximum absolute atomic E-state index is 11.9. The van der Waals surface area contributed by atoms with Crippen LogP contribution in [0, 0.1) is 10.1 Å². The number of non-ortho nitro benzene ring substituents is 1. The number of likely N-dealkylation sites (N-methyl/N-ethyl adjacent to an activating group) is 1. The topological polar surface area (TPSA) is 89.3 Å². The summed E-state index contributed by atoms with van der Waals surface area (Å²) in [5, 5.41) is 13.6. The van der Waals surface area contributed by atoms with E-state index in [2.05, 4.69) is 5.32 Å². The Morgan fingerprint density at radius 2 is 1.80 bits per heavy atom. The van der Waals surface area contributed by atoms with Crippen LogP contribution in [0.4, 0.5) is 5.69 Å². The summed E-state index contributed by atoms with van der Waals surface area (Å²) in [5.41, 5.74) is 0.879. The van der Waals surface area contributed by atoms with Crippen molar-refractivity contribution < 1.29 is 13.3 Å². The summed E-state index contributed by atoms with van der Waals surface area (Å²) in [7, 11) is -1.51. The van der Waals surface area contributed by atoms with Gasteiger partial charge >= 0.3 is 0 Å². The van der Waals surface area contributed by atoms with Crippen molar-refractivity contribution in [2.75, 3.05) is 13.3 Å². The van der Waals surface area contributed by atoms with Crippen LogP contribution in [-0.2, 0) is 16.3 Å². The van der Waals surface area contributed by atoms with Crippen LogP contribution < -0.4 is 5.32 Å². The molecule has 1 aromatic rings. The fourth-order valence-electron chi connectivity index (χ4n) is 1.94. The minimum atomic E-state index is -3.23. The predicted octanol–water partition coefficient (Wildman–Crippen LogP) is 1.55. The Balaban J connectivity index is 2.97. The van der Waals surface area contributed by atoms with E-state index in [0.717, 1.165) is 5.56 Å². The minimum absolute atomic E-state index is 0.0251. The van der Waals surface area contributed by atoms with E-state index in [0.29, 0.717) is 6.42 Å². The SMILES string of the molecule is CNC(Cc1ccc([N+](=O)[O-])cc1)C(C)(C)S(C)(=O)=O. The second-order valence-corrected chi connectivity index (χ2v) is 7.94. The molecule has 1 rings (SSSR count). The van der Waals surface area contributed by atoms with Crippen LogP contribution in [0.5, 0.6) is 0 Å². The van der Waals surface area contributed by atoms with Gasteiger partial charge in [-0.15, -0.1) is 0 Å². The van der Waals surface area contributed by atoms with Gasteiger partial charge in [-0.3, -0.25) is 10.1 Å². The molecular weight excluding hydrogens is 280 g/mol. The number of nitro groups is 1. The van der Waals surface area contributed by atoms with E-state index >= 15 is 0 Å². The third-order valence-corrected chi connectivity index (χ3v) is 5.93. The summed E-state index contributed by atoms with van der Waals surface area (Å²) in [5.74, 6) is 0. The van der Waals surface area contributed by atoms with Crippen molar-refractivity contribution in [3.63, 3.8) is 0 Å². The average Bonchev–Trinajstić information content (AvgIpc) is 2.34. The van der Waals surface area contributed by atoms with Gasteiger partial charge in [0.05, 0.1) is 9.67 Å². The summed E-state index contributed by atoms with van der Waals surface area (Å²) in [6.07, 6.45) is 1.70. The molecule has 0 radical (unpaired) electrons. The first-order valence-corrected chi connectivity index (χ1v) is 8.09. The van der Waals surface area contributed by atoms with E-state index < -0.39 is 19.5 Å². The first kappa shape index (κ1) is 16.6. The molecule has 0 fully saturated rings. The summed E-state index contributed by atoms with van der Waals surface area (Å²) >= 11 is 0. The highest BCUT2D eigenvalue weighted by Gasteiger charge is 2.38. The molecule has 6 nitrogen and oxygen atoms in total. The molecule has 0 spiro atoms. The van der Waals surface area contributed by atoms with Gasteiger partial charge in [0, 0.05) is 24.4 Å². The molecule has 20 heavy (non-hydrogen) atoms. The summed E-state index contributed by atoms with van der Waals surface area (Å²) in [6.45, 7) is 3.35. The molecule has 112 valence electrons.